The van der Waals surface area contributed by atoms with E-state index < -0.39 is 16.8 Å². The molecule has 0 saturated heterocycles. The van der Waals surface area contributed by atoms with E-state index in [9.17, 15) is 19.7 Å². The van der Waals surface area contributed by atoms with E-state index >= 15 is 0 Å². The van der Waals surface area contributed by atoms with E-state index in [1.54, 1.807) is 44.2 Å². The number of carbonyl (C=O) groups excluding carboxylic acids is 2. The molecule has 0 spiro atoms. The van der Waals surface area contributed by atoms with Gasteiger partial charge in [-0.3, -0.25) is 14.9 Å². The summed E-state index contributed by atoms with van der Waals surface area (Å²) in [4.78, 5) is 37.4. The highest BCUT2D eigenvalue weighted by atomic mass is 79.9. The van der Waals surface area contributed by atoms with Crippen molar-refractivity contribution in [2.75, 3.05) is 13.7 Å². The van der Waals surface area contributed by atoms with Crippen LogP contribution in [-0.2, 0) is 16.1 Å². The van der Waals surface area contributed by atoms with Gasteiger partial charge in [-0.05, 0) is 65.2 Å². The minimum Gasteiger partial charge on any atom is -0.493 e. The second-order valence-corrected chi connectivity index (χ2v) is 10.1. The lowest BCUT2D eigenvalue weighted by molar-refractivity contribution is -0.384. The van der Waals surface area contributed by atoms with E-state index in [1.807, 2.05) is 18.2 Å². The van der Waals surface area contributed by atoms with Gasteiger partial charge in [-0.25, -0.2) is 4.79 Å². The Morgan fingerprint density at radius 3 is 2.45 bits per heavy atom. The van der Waals surface area contributed by atoms with Crippen LogP contribution in [0.2, 0.25) is 0 Å². The summed E-state index contributed by atoms with van der Waals surface area (Å²) in [7, 11) is 1.50. The Balaban J connectivity index is 1.56. The first-order valence-corrected chi connectivity index (χ1v) is 13.3. The number of esters is 1. The number of ketones is 1. The van der Waals surface area contributed by atoms with E-state index in [-0.39, 0.29) is 24.7 Å². The standard InChI is InChI=1S/C30H25BrN2O7/c1-4-39-30(35)24-16(2)32-27-20-7-5-6-8-21(20)28(34)26(27)25(24)18-13-22(31)29(23(14-18)38-3)40-15-17-9-11-19(12-10-17)33(36)37/h5-14,25,32H,4,15H2,1-3H3/t25-/m0/s1. The predicted octanol–water partition coefficient (Wildman–Crippen LogP) is 6.08. The first-order chi connectivity index (χ1) is 19.2. The molecule has 0 unspecified atom stereocenters. The number of hydrogen-bond acceptors (Lipinski definition) is 8. The Kier molecular flexibility index (Phi) is 7.44. The monoisotopic (exact) mass is 604 g/mol. The second-order valence-electron chi connectivity index (χ2n) is 9.23. The Labute approximate surface area is 238 Å². The number of non-ortho nitro benzene ring substituents is 1. The number of ether oxygens (including phenoxy) is 3. The number of nitro groups is 1. The zero-order chi connectivity index (χ0) is 28.6. The van der Waals surface area contributed by atoms with Crippen LogP contribution in [0.3, 0.4) is 0 Å². The van der Waals surface area contributed by atoms with E-state index in [2.05, 4.69) is 21.2 Å². The molecule has 1 heterocycles. The summed E-state index contributed by atoms with van der Waals surface area (Å²) in [6.07, 6.45) is 0. The summed E-state index contributed by atoms with van der Waals surface area (Å²) in [6.45, 7) is 3.85. The van der Waals surface area contributed by atoms with Gasteiger partial charge in [0, 0.05) is 40.4 Å². The van der Waals surface area contributed by atoms with Gasteiger partial charge in [0.15, 0.2) is 17.3 Å². The highest BCUT2D eigenvalue weighted by Crippen LogP contribution is 2.49. The molecule has 3 aromatic rings. The maximum absolute atomic E-state index is 13.7. The first-order valence-electron chi connectivity index (χ1n) is 12.5. The summed E-state index contributed by atoms with van der Waals surface area (Å²) in [5, 5.41) is 14.2. The zero-order valence-corrected chi connectivity index (χ0v) is 23.5. The number of benzene rings is 3. The number of hydrogen-bond donors (Lipinski definition) is 1. The van der Waals surface area contributed by atoms with Gasteiger partial charge in [-0.15, -0.1) is 0 Å². The fourth-order valence-corrected chi connectivity index (χ4v) is 5.63. The number of allylic oxidation sites excluding steroid dienone is 2. The number of carbonyl (C=O) groups is 2. The Hall–Kier alpha value is -4.44. The fraction of sp³-hybridized carbons (Fsp3) is 0.200. The van der Waals surface area contributed by atoms with Gasteiger partial charge in [0.2, 0.25) is 0 Å². The van der Waals surface area contributed by atoms with Crippen LogP contribution in [0.25, 0.3) is 5.70 Å². The topological polar surface area (TPSA) is 117 Å². The van der Waals surface area contributed by atoms with E-state index in [4.69, 9.17) is 14.2 Å². The summed E-state index contributed by atoms with van der Waals surface area (Å²) in [5.74, 6) is -0.598. The Bertz CT molecular complexity index is 1610. The first kappa shape index (κ1) is 27.1. The van der Waals surface area contributed by atoms with Gasteiger partial charge in [0.25, 0.3) is 5.69 Å². The molecule has 40 heavy (non-hydrogen) atoms. The third-order valence-electron chi connectivity index (χ3n) is 6.86. The molecule has 1 aliphatic heterocycles. The van der Waals surface area contributed by atoms with Crippen molar-refractivity contribution in [2.45, 2.75) is 26.4 Å². The third-order valence-corrected chi connectivity index (χ3v) is 7.45. The van der Waals surface area contributed by atoms with Crippen molar-refractivity contribution in [3.05, 3.63) is 114 Å². The fourth-order valence-electron chi connectivity index (χ4n) is 5.06. The molecule has 1 atom stereocenters. The van der Waals surface area contributed by atoms with Crippen molar-refractivity contribution in [2.24, 2.45) is 0 Å². The predicted molar refractivity (Wildman–Crippen MR) is 151 cm³/mol. The normalized spacial score (nSPS) is 15.8. The summed E-state index contributed by atoms with van der Waals surface area (Å²) < 4.78 is 17.7. The van der Waals surface area contributed by atoms with Crippen molar-refractivity contribution in [3.63, 3.8) is 0 Å². The SMILES string of the molecule is CCOC(=O)C1=C(C)NC2=C(C(=O)c3ccccc32)[C@H]1c1cc(Br)c(OCc2ccc([N+](=O)[O-])cc2)c(OC)c1. The van der Waals surface area contributed by atoms with Gasteiger partial charge in [-0.2, -0.15) is 0 Å². The van der Waals surface area contributed by atoms with Gasteiger partial charge < -0.3 is 19.5 Å². The maximum Gasteiger partial charge on any atom is 0.336 e. The summed E-state index contributed by atoms with van der Waals surface area (Å²) in [6, 6.07) is 17.0. The number of dihydropyridines is 1. The van der Waals surface area contributed by atoms with Gasteiger partial charge >= 0.3 is 5.97 Å². The quantitative estimate of drug-likeness (QED) is 0.187. The molecule has 0 fully saturated rings. The highest BCUT2D eigenvalue weighted by Gasteiger charge is 2.43. The van der Waals surface area contributed by atoms with Crippen molar-refractivity contribution in [1.82, 2.24) is 5.32 Å². The van der Waals surface area contributed by atoms with Crippen LogP contribution in [0, 0.1) is 10.1 Å². The summed E-state index contributed by atoms with van der Waals surface area (Å²) >= 11 is 3.59. The number of fused-ring (bicyclic) bond motifs is 2. The number of nitro benzene ring substituents is 1. The van der Waals surface area contributed by atoms with Crippen molar-refractivity contribution in [3.8, 4) is 11.5 Å². The Morgan fingerprint density at radius 1 is 1.10 bits per heavy atom. The lowest BCUT2D eigenvalue weighted by Crippen LogP contribution is -2.29. The minimum absolute atomic E-state index is 0.00753. The molecule has 3 aromatic carbocycles. The zero-order valence-electron chi connectivity index (χ0n) is 21.9. The molecule has 0 aromatic heterocycles. The van der Waals surface area contributed by atoms with Crippen molar-refractivity contribution < 1.29 is 28.7 Å². The van der Waals surface area contributed by atoms with E-state index in [1.165, 1.54) is 19.2 Å². The number of nitrogens with one attached hydrogen (secondary N) is 1. The maximum atomic E-state index is 13.7. The third kappa shape index (κ3) is 4.75. The van der Waals surface area contributed by atoms with Crippen molar-refractivity contribution in [1.29, 1.82) is 0 Å². The molecule has 1 N–H and O–H groups in total. The number of nitrogens with zero attached hydrogens (tertiary/aromatic N) is 1. The average Bonchev–Trinajstić information content (AvgIpc) is 3.22. The van der Waals surface area contributed by atoms with E-state index in [0.717, 1.165) is 11.1 Å². The molecule has 10 heteroatoms. The average molecular weight is 605 g/mol. The molecule has 5 rings (SSSR count). The molecular weight excluding hydrogens is 580 g/mol. The molecule has 2 aliphatic rings. The largest absolute Gasteiger partial charge is 0.493 e. The number of methoxy groups -OCH3 is 1. The number of Topliss-reactive ketones (excluding diaryl/α,β-unsaturated/α-hetero) is 1. The lowest BCUT2D eigenvalue weighted by Gasteiger charge is -2.30. The lowest BCUT2D eigenvalue weighted by atomic mass is 9.79. The molecule has 0 amide bonds. The minimum atomic E-state index is -0.718. The molecule has 204 valence electrons. The van der Waals surface area contributed by atoms with Crippen LogP contribution < -0.4 is 14.8 Å². The summed E-state index contributed by atoms with van der Waals surface area (Å²) in [5.41, 5.74) is 4.79. The highest BCUT2D eigenvalue weighted by molar-refractivity contribution is 9.10. The molecule has 0 radical (unpaired) electrons. The van der Waals surface area contributed by atoms with Crippen molar-refractivity contribution >= 4 is 39.1 Å². The van der Waals surface area contributed by atoms with Gasteiger partial charge in [0.1, 0.15) is 6.61 Å². The molecule has 0 bridgehead atoms. The molecule has 9 nitrogen and oxygen atoms in total. The van der Waals surface area contributed by atoms with Crippen LogP contribution in [-0.4, -0.2) is 30.4 Å². The van der Waals surface area contributed by atoms with Gasteiger partial charge in [0.05, 0.1) is 34.4 Å². The van der Waals surface area contributed by atoms with Crippen LogP contribution in [0.15, 0.2) is 82.0 Å². The van der Waals surface area contributed by atoms with Crippen LogP contribution >= 0.6 is 15.9 Å². The number of halogens is 1. The molecule has 0 saturated carbocycles. The Morgan fingerprint density at radius 2 is 1.80 bits per heavy atom. The van der Waals surface area contributed by atoms with E-state index in [0.29, 0.717) is 49.6 Å². The smallest absolute Gasteiger partial charge is 0.336 e. The van der Waals surface area contributed by atoms with Gasteiger partial charge in [-0.1, -0.05) is 24.3 Å². The molecule has 1 aliphatic carbocycles. The number of rotatable bonds is 8. The second kappa shape index (κ2) is 11.0. The van der Waals surface area contributed by atoms with Crippen LogP contribution in [0.4, 0.5) is 5.69 Å². The van der Waals surface area contributed by atoms with Crippen LogP contribution in [0.5, 0.6) is 11.5 Å². The molecular formula is C30H25BrN2O7. The van der Waals surface area contributed by atoms with Crippen LogP contribution in [0.1, 0.15) is 46.8 Å².